The van der Waals surface area contributed by atoms with E-state index < -0.39 is 20.7 Å². The van der Waals surface area contributed by atoms with E-state index in [1.54, 1.807) is 7.05 Å². The summed E-state index contributed by atoms with van der Waals surface area (Å²) in [4.78, 5) is -0.610. The zero-order valence-corrected chi connectivity index (χ0v) is 11.3. The number of hydrogen-bond acceptors (Lipinski definition) is 4. The molecule has 0 saturated carbocycles. The van der Waals surface area contributed by atoms with E-state index in [0.29, 0.717) is 0 Å². The topological polar surface area (TPSA) is 90.0 Å². The molecule has 1 aromatic carbocycles. The van der Waals surface area contributed by atoms with Crippen molar-refractivity contribution in [1.29, 1.82) is 0 Å². The molecule has 0 aliphatic carbocycles. The van der Waals surface area contributed by atoms with Crippen molar-refractivity contribution in [3.8, 4) is 0 Å². The number of nitrogens with zero attached hydrogens (tertiary/aromatic N) is 2. The average Bonchev–Trinajstić information content (AvgIpc) is 2.68. The van der Waals surface area contributed by atoms with E-state index in [-0.39, 0.29) is 16.4 Å². The van der Waals surface area contributed by atoms with Crippen molar-refractivity contribution in [1.82, 2.24) is 9.78 Å². The Hall–Kier alpha value is -1.80. The van der Waals surface area contributed by atoms with Crippen molar-refractivity contribution >= 4 is 33.0 Å². The Morgan fingerprint density at radius 3 is 2.74 bits per heavy atom. The standard InChI is InChI=1S/C10H10ClFN4O2S/c1-16-5-7(4-14-16)15-19(17,18)9-3-6(13)2-8(11)10(9)12/h2-5,15H,13H2,1H3. The minimum Gasteiger partial charge on any atom is -0.399 e. The normalized spacial score (nSPS) is 11.5. The smallest absolute Gasteiger partial charge is 0.265 e. The Kier molecular flexibility index (Phi) is 3.38. The fourth-order valence-corrected chi connectivity index (χ4v) is 2.91. The van der Waals surface area contributed by atoms with Crippen LogP contribution in [0.2, 0.25) is 5.02 Å². The van der Waals surface area contributed by atoms with Gasteiger partial charge in [0.25, 0.3) is 10.0 Å². The summed E-state index contributed by atoms with van der Waals surface area (Å²) < 4.78 is 41.4. The second-order valence-electron chi connectivity index (χ2n) is 3.82. The Balaban J connectivity index is 2.45. The average molecular weight is 305 g/mol. The predicted octanol–water partition coefficient (Wildman–Crippen LogP) is 1.60. The molecule has 0 radical (unpaired) electrons. The number of rotatable bonds is 3. The number of anilines is 2. The van der Waals surface area contributed by atoms with E-state index in [2.05, 4.69) is 9.82 Å². The Morgan fingerprint density at radius 1 is 1.47 bits per heavy atom. The van der Waals surface area contributed by atoms with Crippen LogP contribution in [0.5, 0.6) is 0 Å². The van der Waals surface area contributed by atoms with Crippen LogP contribution in [0.25, 0.3) is 0 Å². The summed E-state index contributed by atoms with van der Waals surface area (Å²) in [6, 6.07) is 2.14. The van der Waals surface area contributed by atoms with E-state index in [4.69, 9.17) is 17.3 Å². The van der Waals surface area contributed by atoms with Crippen molar-refractivity contribution in [2.75, 3.05) is 10.5 Å². The highest BCUT2D eigenvalue weighted by molar-refractivity contribution is 7.92. The van der Waals surface area contributed by atoms with E-state index in [1.165, 1.54) is 17.1 Å². The van der Waals surface area contributed by atoms with Gasteiger partial charge in [-0.2, -0.15) is 5.10 Å². The lowest BCUT2D eigenvalue weighted by atomic mass is 10.3. The molecular formula is C10H10ClFN4O2S. The van der Waals surface area contributed by atoms with Gasteiger partial charge in [-0.05, 0) is 12.1 Å². The van der Waals surface area contributed by atoms with Gasteiger partial charge in [0.1, 0.15) is 4.90 Å². The Bertz CT molecular complexity index is 729. The number of halogens is 2. The van der Waals surface area contributed by atoms with Gasteiger partial charge < -0.3 is 5.73 Å². The Morgan fingerprint density at radius 2 is 2.16 bits per heavy atom. The van der Waals surface area contributed by atoms with Crippen LogP contribution in [-0.4, -0.2) is 18.2 Å². The van der Waals surface area contributed by atoms with Gasteiger partial charge in [-0.3, -0.25) is 9.40 Å². The number of aromatic nitrogens is 2. The van der Waals surface area contributed by atoms with Crippen molar-refractivity contribution in [3.05, 3.63) is 35.4 Å². The quantitative estimate of drug-likeness (QED) is 0.843. The third-order valence-electron chi connectivity index (χ3n) is 2.26. The molecule has 0 spiro atoms. The first kappa shape index (κ1) is 13.6. The van der Waals surface area contributed by atoms with Crippen molar-refractivity contribution in [2.45, 2.75) is 4.90 Å². The number of nitrogens with two attached hydrogens (primary N) is 1. The molecular weight excluding hydrogens is 295 g/mol. The van der Waals surface area contributed by atoms with Gasteiger partial charge in [-0.25, -0.2) is 12.8 Å². The molecule has 1 aromatic heterocycles. The molecule has 0 aliphatic rings. The van der Waals surface area contributed by atoms with Crippen molar-refractivity contribution < 1.29 is 12.8 Å². The molecule has 0 amide bonds. The summed E-state index contributed by atoms with van der Waals surface area (Å²) in [5.74, 6) is -1.05. The Labute approximate surface area is 114 Å². The third-order valence-corrected chi connectivity index (χ3v) is 3.92. The first-order valence-electron chi connectivity index (χ1n) is 5.05. The third kappa shape index (κ3) is 2.79. The first-order valence-corrected chi connectivity index (χ1v) is 6.92. The van der Waals surface area contributed by atoms with E-state index in [1.807, 2.05) is 0 Å². The van der Waals surface area contributed by atoms with Gasteiger partial charge in [0.05, 0.1) is 16.9 Å². The largest absolute Gasteiger partial charge is 0.399 e. The summed E-state index contributed by atoms with van der Waals surface area (Å²) in [6.07, 6.45) is 2.73. The summed E-state index contributed by atoms with van der Waals surface area (Å²) >= 11 is 5.57. The molecule has 3 N–H and O–H groups in total. The fourth-order valence-electron chi connectivity index (χ4n) is 1.46. The van der Waals surface area contributed by atoms with Crippen LogP contribution in [0.3, 0.4) is 0 Å². The van der Waals surface area contributed by atoms with Crippen molar-refractivity contribution in [3.63, 3.8) is 0 Å². The SMILES string of the molecule is Cn1cc(NS(=O)(=O)c2cc(N)cc(Cl)c2F)cn1. The minimum atomic E-state index is -4.12. The second kappa shape index (κ2) is 4.71. The number of benzene rings is 1. The second-order valence-corrected chi connectivity index (χ2v) is 5.88. The summed E-state index contributed by atoms with van der Waals surface area (Å²) in [5, 5.41) is 3.44. The number of nitrogen functional groups attached to an aromatic ring is 1. The molecule has 0 unspecified atom stereocenters. The van der Waals surface area contributed by atoms with Gasteiger partial charge in [-0.15, -0.1) is 0 Å². The molecule has 102 valence electrons. The van der Waals surface area contributed by atoms with Crippen LogP contribution in [0.4, 0.5) is 15.8 Å². The fraction of sp³-hybridized carbons (Fsp3) is 0.100. The molecule has 0 saturated heterocycles. The van der Waals surface area contributed by atoms with E-state index >= 15 is 0 Å². The summed E-state index contributed by atoms with van der Waals surface area (Å²) in [5.41, 5.74) is 5.73. The first-order chi connectivity index (χ1) is 8.79. The number of sulfonamides is 1. The van der Waals surface area contributed by atoms with Gasteiger partial charge in [-0.1, -0.05) is 11.6 Å². The maximum absolute atomic E-state index is 13.8. The number of nitrogens with one attached hydrogen (secondary N) is 1. The van der Waals surface area contributed by atoms with E-state index in [0.717, 1.165) is 12.1 Å². The minimum absolute atomic E-state index is 0.0537. The van der Waals surface area contributed by atoms with Crippen LogP contribution in [0, 0.1) is 5.82 Å². The van der Waals surface area contributed by atoms with Crippen LogP contribution in [0.15, 0.2) is 29.4 Å². The molecule has 0 atom stereocenters. The van der Waals surface area contributed by atoms with Gasteiger partial charge >= 0.3 is 0 Å². The highest BCUT2D eigenvalue weighted by Gasteiger charge is 2.22. The maximum atomic E-state index is 13.8. The molecule has 9 heteroatoms. The number of aryl methyl sites for hydroxylation is 1. The molecule has 0 fully saturated rings. The highest BCUT2D eigenvalue weighted by Crippen LogP contribution is 2.27. The molecule has 2 rings (SSSR count). The summed E-state index contributed by atoms with van der Waals surface area (Å²) in [6.45, 7) is 0. The van der Waals surface area contributed by atoms with Gasteiger partial charge in [0.2, 0.25) is 0 Å². The molecule has 0 bridgehead atoms. The van der Waals surface area contributed by atoms with Gasteiger partial charge in [0, 0.05) is 18.9 Å². The molecule has 1 heterocycles. The lowest BCUT2D eigenvalue weighted by molar-refractivity contribution is 0.571. The monoisotopic (exact) mass is 304 g/mol. The zero-order valence-electron chi connectivity index (χ0n) is 9.76. The lowest BCUT2D eigenvalue weighted by Gasteiger charge is -2.08. The van der Waals surface area contributed by atoms with Crippen molar-refractivity contribution in [2.24, 2.45) is 7.05 Å². The molecule has 0 aliphatic heterocycles. The molecule has 19 heavy (non-hydrogen) atoms. The lowest BCUT2D eigenvalue weighted by Crippen LogP contribution is -2.15. The molecule has 2 aromatic rings. The van der Waals surface area contributed by atoms with Crippen LogP contribution < -0.4 is 10.5 Å². The summed E-state index contributed by atoms with van der Waals surface area (Å²) in [7, 11) is -2.50. The van der Waals surface area contributed by atoms with E-state index in [9.17, 15) is 12.8 Å². The number of hydrogen-bond donors (Lipinski definition) is 2. The molecule has 6 nitrogen and oxygen atoms in total. The van der Waals surface area contributed by atoms with Crippen LogP contribution in [-0.2, 0) is 17.1 Å². The van der Waals surface area contributed by atoms with Gasteiger partial charge in [0.15, 0.2) is 5.82 Å². The zero-order chi connectivity index (χ0) is 14.2. The van der Waals surface area contributed by atoms with Crippen LogP contribution in [0.1, 0.15) is 0 Å². The van der Waals surface area contributed by atoms with Crippen LogP contribution >= 0.6 is 11.6 Å². The highest BCUT2D eigenvalue weighted by atomic mass is 35.5. The maximum Gasteiger partial charge on any atom is 0.265 e. The predicted molar refractivity (Wildman–Crippen MR) is 69.8 cm³/mol.